The second-order valence-electron chi connectivity index (χ2n) is 21.7. The molecule has 3 aliphatic heterocycles. The predicted octanol–water partition coefficient (Wildman–Crippen LogP) is 7.86. The summed E-state index contributed by atoms with van der Waals surface area (Å²) in [4.78, 5) is 70.5. The summed E-state index contributed by atoms with van der Waals surface area (Å²) in [5.41, 5.74) is 12.1. The molecule has 14 nitrogen and oxygen atoms in total. The Morgan fingerprint density at radius 3 is 1.99 bits per heavy atom. The van der Waals surface area contributed by atoms with E-state index >= 15 is 0 Å². The molecule has 4 aromatic rings. The number of benzene rings is 3. The molecule has 7 atom stereocenters. The number of likely N-dealkylation sites (tertiary alicyclic amines) is 2. The number of fused-ring (bicyclic) bond motifs is 4. The predicted molar refractivity (Wildman–Crippen MR) is 255 cm³/mol. The second kappa shape index (κ2) is 16.5. The molecule has 2 saturated heterocycles. The molecule has 5 fully saturated rings. The van der Waals surface area contributed by atoms with Crippen LogP contribution in [0.4, 0.5) is 9.59 Å². The molecular formula is C53H64N8O6. The van der Waals surface area contributed by atoms with E-state index in [9.17, 15) is 19.2 Å². The van der Waals surface area contributed by atoms with Crippen molar-refractivity contribution in [3.63, 3.8) is 0 Å². The number of hydrogen-bond donors (Lipinski definition) is 4. The molecule has 2 spiro atoms. The van der Waals surface area contributed by atoms with Crippen molar-refractivity contribution >= 4 is 40.7 Å². The molecular weight excluding hydrogens is 845 g/mol. The number of H-pyrrole nitrogens is 1. The Bertz CT molecular complexity index is 2680. The Morgan fingerprint density at radius 2 is 1.36 bits per heavy atom. The molecule has 7 aliphatic rings. The third kappa shape index (κ3) is 7.76. The van der Waals surface area contributed by atoms with Crippen molar-refractivity contribution in [3.8, 4) is 22.3 Å². The fourth-order valence-electron chi connectivity index (χ4n) is 12.3. The van der Waals surface area contributed by atoms with Crippen LogP contribution in [-0.4, -0.2) is 108 Å². The maximum Gasteiger partial charge on any atom is 0.407 e. The first-order valence-electron chi connectivity index (χ1n) is 24.6. The van der Waals surface area contributed by atoms with Crippen LogP contribution >= 0.6 is 0 Å². The van der Waals surface area contributed by atoms with Gasteiger partial charge in [-0.15, -0.1) is 0 Å². The molecule has 3 aromatic carbocycles. The molecule has 0 radical (unpaired) electrons. The molecule has 0 bridgehead atoms. The lowest BCUT2D eigenvalue weighted by Crippen LogP contribution is -2.55. The van der Waals surface area contributed by atoms with Gasteiger partial charge in [0.15, 0.2) is 0 Å². The van der Waals surface area contributed by atoms with Gasteiger partial charge >= 0.3 is 12.2 Å². The molecule has 67 heavy (non-hydrogen) atoms. The van der Waals surface area contributed by atoms with Gasteiger partial charge in [-0.25, -0.2) is 14.6 Å². The minimum absolute atomic E-state index is 0.0627. The van der Waals surface area contributed by atoms with Gasteiger partial charge in [0.1, 0.15) is 24.1 Å². The summed E-state index contributed by atoms with van der Waals surface area (Å²) in [6.07, 6.45) is 8.34. The van der Waals surface area contributed by atoms with Crippen LogP contribution < -0.4 is 16.0 Å². The lowest BCUT2D eigenvalue weighted by atomic mass is 9.73. The number of aromatic amines is 1. The van der Waals surface area contributed by atoms with Crippen molar-refractivity contribution in [1.82, 2.24) is 35.7 Å². The van der Waals surface area contributed by atoms with Gasteiger partial charge in [-0.05, 0) is 143 Å². The van der Waals surface area contributed by atoms with E-state index in [4.69, 9.17) is 19.5 Å². The molecule has 4 aliphatic carbocycles. The largest absolute Gasteiger partial charge is 0.453 e. The number of carbonyl (C=O) groups excluding carboxylic acids is 4. The zero-order valence-corrected chi connectivity index (χ0v) is 39.6. The second-order valence-corrected chi connectivity index (χ2v) is 21.7. The van der Waals surface area contributed by atoms with E-state index in [1.165, 1.54) is 60.4 Å². The Labute approximate surface area is 392 Å². The highest BCUT2D eigenvalue weighted by Crippen LogP contribution is 2.59. The topological polar surface area (TPSA) is 170 Å². The summed E-state index contributed by atoms with van der Waals surface area (Å²) < 4.78 is 9.74. The van der Waals surface area contributed by atoms with Gasteiger partial charge in [0, 0.05) is 19.6 Å². The SMILES string of the molecule is COC(=O)NC(C(=O)N1CC2(CC2)CC1c1nc2ccc(-c3ccc(-c4ccc(C5=NC(C6CC7(CC7)CN6C(=O)C(NC(=O)OC)C(C)C)NC5)cc4)c4c3CC3CCC43)cc2[nH]1)C(C)C. The number of carbonyl (C=O) groups is 4. The van der Waals surface area contributed by atoms with Crippen molar-refractivity contribution in [2.75, 3.05) is 33.9 Å². The van der Waals surface area contributed by atoms with E-state index in [1.54, 1.807) is 0 Å². The van der Waals surface area contributed by atoms with Gasteiger partial charge in [0.05, 0.1) is 43.0 Å². The summed E-state index contributed by atoms with van der Waals surface area (Å²) in [5.74, 6) is 1.69. The Balaban J connectivity index is 0.837. The van der Waals surface area contributed by atoms with Gasteiger partial charge < -0.3 is 34.9 Å². The molecule has 7 unspecified atom stereocenters. The quantitative estimate of drug-likeness (QED) is 0.118. The average Bonchev–Trinajstić information content (AvgIpc) is 3.84. The van der Waals surface area contributed by atoms with E-state index in [0.29, 0.717) is 31.5 Å². The average molecular weight is 909 g/mol. The summed E-state index contributed by atoms with van der Waals surface area (Å²) >= 11 is 0. The Morgan fingerprint density at radius 1 is 0.746 bits per heavy atom. The van der Waals surface area contributed by atoms with Crippen molar-refractivity contribution in [3.05, 3.63) is 77.1 Å². The molecule has 4 heterocycles. The number of ether oxygens (including phenoxy) is 2. The monoisotopic (exact) mass is 908 g/mol. The number of rotatable bonds is 11. The van der Waals surface area contributed by atoms with Crippen LogP contribution in [0, 0.1) is 28.6 Å². The van der Waals surface area contributed by atoms with E-state index in [1.807, 2.05) is 37.5 Å². The molecule has 4 amide bonds. The minimum atomic E-state index is -0.684. The van der Waals surface area contributed by atoms with E-state index in [2.05, 4.69) is 75.5 Å². The number of aliphatic imine (C=N–C) groups is 1. The number of amides is 4. The van der Waals surface area contributed by atoms with Crippen LogP contribution in [0.1, 0.15) is 114 Å². The van der Waals surface area contributed by atoms with Gasteiger partial charge in [0.2, 0.25) is 11.8 Å². The van der Waals surface area contributed by atoms with Crippen LogP contribution in [0.15, 0.2) is 59.6 Å². The number of nitrogens with zero attached hydrogens (tertiary/aromatic N) is 4. The molecule has 14 heteroatoms. The first-order chi connectivity index (χ1) is 32.3. The maximum atomic E-state index is 14.1. The van der Waals surface area contributed by atoms with Crippen molar-refractivity contribution < 1.29 is 28.7 Å². The van der Waals surface area contributed by atoms with Gasteiger partial charge in [-0.2, -0.15) is 0 Å². The number of hydrogen-bond acceptors (Lipinski definition) is 9. The van der Waals surface area contributed by atoms with Crippen LogP contribution in [-0.2, 0) is 25.5 Å². The standard InChI is InChI=1S/C53H64N8O6/c1-28(2)44(58-50(64)66-5)48(62)60-26-52(17-18-52)23-41(60)46-54-25-40(57-46)31-9-7-30(8-10-31)35-15-14-34(37-21-32-11-13-36(32)43(35)37)33-12-16-38-39(22-33)56-47(55-38)42-24-53(19-20-53)27-61(42)49(63)45(29(3)4)59-51(65)67-6/h7-10,12,14-16,22,28-29,32,36,41-42,44-46,54H,11,13,17-21,23-27H2,1-6H3,(H,55,56)(H,58,64)(H,59,65). The van der Waals surface area contributed by atoms with Gasteiger partial charge in [-0.1, -0.05) is 70.2 Å². The highest BCUT2D eigenvalue weighted by Gasteiger charge is 2.57. The van der Waals surface area contributed by atoms with Crippen molar-refractivity contribution in [1.29, 1.82) is 0 Å². The zero-order valence-electron chi connectivity index (χ0n) is 39.6. The lowest BCUT2D eigenvalue weighted by Gasteiger charge is -2.32. The van der Waals surface area contributed by atoms with E-state index in [-0.39, 0.29) is 52.7 Å². The highest BCUT2D eigenvalue weighted by molar-refractivity contribution is 6.03. The maximum absolute atomic E-state index is 14.1. The summed E-state index contributed by atoms with van der Waals surface area (Å²) in [5, 5.41) is 9.22. The fourth-order valence-corrected chi connectivity index (χ4v) is 12.3. The first kappa shape index (κ1) is 43.8. The summed E-state index contributed by atoms with van der Waals surface area (Å²) in [6.45, 7) is 9.79. The fraction of sp³-hybridized carbons (Fsp3) is 0.547. The normalized spacial score (nSPS) is 25.8. The van der Waals surface area contributed by atoms with E-state index < -0.39 is 24.3 Å². The molecule has 1 aromatic heterocycles. The molecule has 352 valence electrons. The highest BCUT2D eigenvalue weighted by atomic mass is 16.5. The summed E-state index contributed by atoms with van der Waals surface area (Å²) in [6, 6.07) is 18.4. The number of alkyl carbamates (subject to hydrolysis) is 2. The third-order valence-electron chi connectivity index (χ3n) is 16.7. The molecule has 11 rings (SSSR count). The number of methoxy groups -OCH3 is 2. The lowest BCUT2D eigenvalue weighted by molar-refractivity contribution is -0.136. The van der Waals surface area contributed by atoms with Crippen molar-refractivity contribution in [2.24, 2.45) is 33.6 Å². The van der Waals surface area contributed by atoms with E-state index in [0.717, 1.165) is 73.1 Å². The van der Waals surface area contributed by atoms with Crippen LogP contribution in [0.2, 0.25) is 0 Å². The number of aromatic nitrogens is 2. The van der Waals surface area contributed by atoms with Crippen LogP contribution in [0.25, 0.3) is 33.3 Å². The molecule has 4 N–H and O–H groups in total. The third-order valence-corrected chi connectivity index (χ3v) is 16.7. The first-order valence-corrected chi connectivity index (χ1v) is 24.6. The molecule has 3 saturated carbocycles. The summed E-state index contributed by atoms with van der Waals surface area (Å²) in [7, 11) is 2.65. The zero-order chi connectivity index (χ0) is 46.5. The minimum Gasteiger partial charge on any atom is -0.453 e. The van der Waals surface area contributed by atoms with Gasteiger partial charge in [-0.3, -0.25) is 19.9 Å². The van der Waals surface area contributed by atoms with Crippen molar-refractivity contribution in [2.45, 2.75) is 122 Å². The van der Waals surface area contributed by atoms with Crippen LogP contribution in [0.3, 0.4) is 0 Å². The smallest absolute Gasteiger partial charge is 0.407 e. The number of nitrogens with one attached hydrogen (secondary N) is 4. The Kier molecular flexibility index (Phi) is 10.8. The van der Waals surface area contributed by atoms with Crippen LogP contribution in [0.5, 0.6) is 0 Å². The Hall–Kier alpha value is -5.76. The number of imidazole rings is 1. The van der Waals surface area contributed by atoms with Gasteiger partial charge in [0.25, 0.3) is 0 Å².